The molecule has 1 N–H and O–H groups in total. The molecule has 0 aliphatic heterocycles. The number of benzene rings is 1. The van der Waals surface area contributed by atoms with Gasteiger partial charge < -0.3 is 5.11 Å². The van der Waals surface area contributed by atoms with Gasteiger partial charge in [-0.2, -0.15) is 0 Å². The summed E-state index contributed by atoms with van der Waals surface area (Å²) in [5.74, 6) is -0.0787. The number of rotatable bonds is 4. The van der Waals surface area contributed by atoms with E-state index in [2.05, 4.69) is 0 Å². The predicted octanol–water partition coefficient (Wildman–Crippen LogP) is 5.76. The summed E-state index contributed by atoms with van der Waals surface area (Å²) in [4.78, 5) is 12.9. The average Bonchev–Trinajstić information content (AvgIpc) is 2.68. The minimum Gasteiger partial charge on any atom is -0.506 e. The highest BCUT2D eigenvalue weighted by Crippen LogP contribution is 2.49. The van der Waals surface area contributed by atoms with Crippen LogP contribution >= 0.6 is 34.8 Å². The molecule has 0 spiro atoms. The number of carbonyl (C=O) groups excluding carboxylic acids is 1. The fourth-order valence-corrected chi connectivity index (χ4v) is 3.57. The minimum atomic E-state index is -0.534. The topological polar surface area (TPSA) is 37.3 Å². The number of phenolic OH excluding ortho intramolecular Hbond substituents is 1. The zero-order valence-electron chi connectivity index (χ0n) is 12.0. The zero-order chi connectivity index (χ0) is 15.8. The highest BCUT2D eigenvalue weighted by atomic mass is 35.5. The largest absolute Gasteiger partial charge is 0.506 e. The number of allylic oxidation sites excluding steroid dienone is 2. The van der Waals surface area contributed by atoms with Crippen LogP contribution in [0.5, 0.6) is 5.75 Å². The molecule has 5 heteroatoms. The summed E-state index contributed by atoms with van der Waals surface area (Å²) >= 11 is 18.1. The Balaban J connectivity index is 2.51. The molecular formula is C16H17Cl3O2. The first-order chi connectivity index (χ1) is 9.82. The lowest BCUT2D eigenvalue weighted by atomic mass is 9.76. The maximum atomic E-state index is 12.9. The van der Waals surface area contributed by atoms with Crippen LogP contribution < -0.4 is 0 Å². The molecule has 0 heterocycles. The number of fused-ring (bicyclic) bond motifs is 1. The molecule has 21 heavy (non-hydrogen) atoms. The number of phenols is 1. The van der Waals surface area contributed by atoms with Crippen LogP contribution in [0, 0.1) is 5.41 Å². The third-order valence-electron chi connectivity index (χ3n) is 4.01. The molecule has 1 aromatic carbocycles. The van der Waals surface area contributed by atoms with E-state index >= 15 is 0 Å². The van der Waals surface area contributed by atoms with E-state index in [1.54, 1.807) is 13.0 Å². The van der Waals surface area contributed by atoms with Crippen molar-refractivity contribution >= 4 is 40.6 Å². The lowest BCUT2D eigenvalue weighted by molar-refractivity contribution is 0.0806. The lowest BCUT2D eigenvalue weighted by Crippen LogP contribution is -2.27. The molecule has 0 radical (unpaired) electrons. The van der Waals surface area contributed by atoms with Crippen LogP contribution in [0.15, 0.2) is 17.2 Å². The summed E-state index contributed by atoms with van der Waals surface area (Å²) in [7, 11) is 0. The summed E-state index contributed by atoms with van der Waals surface area (Å²) in [6.07, 6.45) is 4.62. The fraction of sp³-hybridized carbons (Fsp3) is 0.438. The Bertz CT molecular complexity index is 618. The number of carbonyl (C=O) groups is 1. The van der Waals surface area contributed by atoms with E-state index in [9.17, 15) is 9.90 Å². The summed E-state index contributed by atoms with van der Waals surface area (Å²) in [6, 6.07) is 1.55. The summed E-state index contributed by atoms with van der Waals surface area (Å²) < 4.78 is 0. The van der Waals surface area contributed by atoms with Crippen molar-refractivity contribution in [3.63, 3.8) is 0 Å². The van der Waals surface area contributed by atoms with Crippen LogP contribution in [0.1, 0.15) is 49.0 Å². The number of ketones is 1. The highest BCUT2D eigenvalue weighted by molar-refractivity contribution is 6.45. The van der Waals surface area contributed by atoms with Crippen LogP contribution in [-0.4, -0.2) is 10.9 Å². The molecular weight excluding hydrogens is 331 g/mol. The van der Waals surface area contributed by atoms with Crippen molar-refractivity contribution in [3.8, 4) is 5.75 Å². The number of hydrogen-bond acceptors (Lipinski definition) is 2. The fourth-order valence-electron chi connectivity index (χ4n) is 3.04. The van der Waals surface area contributed by atoms with E-state index < -0.39 is 5.41 Å². The van der Waals surface area contributed by atoms with E-state index in [1.165, 1.54) is 0 Å². The molecule has 1 aliphatic rings. The van der Waals surface area contributed by atoms with Crippen LogP contribution in [0.3, 0.4) is 0 Å². The van der Waals surface area contributed by atoms with Gasteiger partial charge in [-0.3, -0.25) is 4.79 Å². The number of hydrogen-bond donors (Lipinski definition) is 1. The maximum Gasteiger partial charge on any atom is 0.171 e. The monoisotopic (exact) mass is 346 g/mol. The molecule has 2 rings (SSSR count). The second-order valence-electron chi connectivity index (χ2n) is 5.59. The molecule has 2 nitrogen and oxygen atoms in total. The van der Waals surface area contributed by atoms with E-state index in [-0.39, 0.29) is 21.6 Å². The van der Waals surface area contributed by atoms with Gasteiger partial charge in [0.05, 0.1) is 5.02 Å². The van der Waals surface area contributed by atoms with Crippen molar-refractivity contribution in [2.75, 3.05) is 0 Å². The van der Waals surface area contributed by atoms with Gasteiger partial charge in [0.15, 0.2) is 5.78 Å². The van der Waals surface area contributed by atoms with Gasteiger partial charge in [-0.05, 0) is 37.8 Å². The molecule has 0 bridgehead atoms. The standard InChI is InChI=1S/C16H17Cl3O2/c1-3-5-16(6-4-9(2)17)8-10-7-11(20)13(18)14(19)12(10)15(16)21/h4,7,20H,3,5-6,8H2,1-2H3/b9-4-. The van der Waals surface area contributed by atoms with E-state index in [4.69, 9.17) is 34.8 Å². The van der Waals surface area contributed by atoms with Crippen LogP contribution in [-0.2, 0) is 6.42 Å². The first-order valence-electron chi connectivity index (χ1n) is 6.89. The molecule has 1 atom stereocenters. The molecule has 0 saturated heterocycles. The highest BCUT2D eigenvalue weighted by Gasteiger charge is 2.45. The Labute approximate surface area is 139 Å². The molecule has 0 aromatic heterocycles. The third kappa shape index (κ3) is 2.94. The molecule has 1 aliphatic carbocycles. The van der Waals surface area contributed by atoms with Crippen molar-refractivity contribution in [3.05, 3.63) is 38.3 Å². The average molecular weight is 348 g/mol. The zero-order valence-corrected chi connectivity index (χ0v) is 14.2. The smallest absolute Gasteiger partial charge is 0.171 e. The van der Waals surface area contributed by atoms with Crippen molar-refractivity contribution in [1.29, 1.82) is 0 Å². The summed E-state index contributed by atoms with van der Waals surface area (Å²) in [6.45, 7) is 3.84. The predicted molar refractivity (Wildman–Crippen MR) is 87.7 cm³/mol. The van der Waals surface area contributed by atoms with Gasteiger partial charge in [0.2, 0.25) is 0 Å². The molecule has 114 valence electrons. The van der Waals surface area contributed by atoms with Crippen LogP contribution in [0.25, 0.3) is 0 Å². The second-order valence-corrected chi connectivity index (χ2v) is 6.94. The Hall–Kier alpha value is -0.700. The van der Waals surface area contributed by atoms with Gasteiger partial charge in [-0.15, -0.1) is 0 Å². The van der Waals surface area contributed by atoms with E-state index in [1.807, 2.05) is 13.0 Å². The number of Topliss-reactive ketones (excluding diaryl/α,β-unsaturated/α-hetero) is 1. The van der Waals surface area contributed by atoms with Crippen LogP contribution in [0.2, 0.25) is 10.0 Å². The van der Waals surface area contributed by atoms with Crippen molar-refractivity contribution in [2.24, 2.45) is 5.41 Å². The molecule has 0 amide bonds. The first-order valence-corrected chi connectivity index (χ1v) is 8.02. The Morgan fingerprint density at radius 3 is 2.67 bits per heavy atom. The lowest BCUT2D eigenvalue weighted by Gasteiger charge is -2.25. The minimum absolute atomic E-state index is 0.000386. The van der Waals surface area contributed by atoms with E-state index in [0.29, 0.717) is 23.4 Å². The van der Waals surface area contributed by atoms with Crippen molar-refractivity contribution in [2.45, 2.75) is 39.5 Å². The third-order valence-corrected chi connectivity index (χ3v) is 5.02. The second kappa shape index (κ2) is 6.20. The van der Waals surface area contributed by atoms with Gasteiger partial charge in [0.1, 0.15) is 10.8 Å². The van der Waals surface area contributed by atoms with Gasteiger partial charge in [-0.25, -0.2) is 0 Å². The van der Waals surface area contributed by atoms with Gasteiger partial charge >= 0.3 is 0 Å². The van der Waals surface area contributed by atoms with E-state index in [0.717, 1.165) is 18.4 Å². The van der Waals surface area contributed by atoms with Crippen molar-refractivity contribution in [1.82, 2.24) is 0 Å². The Morgan fingerprint density at radius 1 is 1.43 bits per heavy atom. The molecule has 1 unspecified atom stereocenters. The number of aromatic hydroxyl groups is 1. The molecule has 1 aromatic rings. The number of halogens is 3. The summed E-state index contributed by atoms with van der Waals surface area (Å²) in [5.41, 5.74) is 0.683. The SMILES string of the molecule is CCCC1(C/C=C(/C)Cl)Cc2cc(O)c(Cl)c(Cl)c2C1=O. The normalized spacial score (nSPS) is 21.8. The van der Waals surface area contributed by atoms with Crippen LogP contribution in [0.4, 0.5) is 0 Å². The molecule has 0 fully saturated rings. The van der Waals surface area contributed by atoms with Gasteiger partial charge in [0, 0.05) is 16.0 Å². The summed E-state index contributed by atoms with van der Waals surface area (Å²) in [5, 5.41) is 10.7. The van der Waals surface area contributed by atoms with Crippen molar-refractivity contribution < 1.29 is 9.90 Å². The molecule has 0 saturated carbocycles. The van der Waals surface area contributed by atoms with Gasteiger partial charge in [0.25, 0.3) is 0 Å². The Morgan fingerprint density at radius 2 is 2.10 bits per heavy atom. The first kappa shape index (κ1) is 16.7. The van der Waals surface area contributed by atoms with Gasteiger partial charge in [-0.1, -0.05) is 54.2 Å². The Kier molecular flexibility index (Phi) is 4.92. The maximum absolute atomic E-state index is 12.9. The quantitative estimate of drug-likeness (QED) is 0.752.